The van der Waals surface area contributed by atoms with E-state index < -0.39 is 0 Å². The highest BCUT2D eigenvalue weighted by molar-refractivity contribution is 7.19. The standard InChI is InChI=1S/C25H27N3O3S/c1-15-21(9-10-30-15)23-13-22-24(32-23)25(29)28(14-26-22)16-5-7-19(8-6-16)31-20-11-17-3-4-18(12-20)27(17)2/h5-9,13-15,17-18,20H,3-4,10-12H2,1-2H3/t15?,17-,18+,20?. The van der Waals surface area contributed by atoms with E-state index in [0.29, 0.717) is 23.4 Å². The Kier molecular flexibility index (Phi) is 4.93. The van der Waals surface area contributed by atoms with Crippen LogP contribution in [0, 0.1) is 0 Å². The molecule has 32 heavy (non-hydrogen) atoms. The number of rotatable bonds is 4. The largest absolute Gasteiger partial charge is 0.490 e. The fraction of sp³-hybridized carbons (Fsp3) is 0.440. The molecule has 3 aliphatic rings. The van der Waals surface area contributed by atoms with Crippen molar-refractivity contribution in [1.29, 1.82) is 0 Å². The highest BCUT2D eigenvalue weighted by atomic mass is 32.1. The van der Waals surface area contributed by atoms with Crippen molar-refractivity contribution in [3.8, 4) is 11.4 Å². The summed E-state index contributed by atoms with van der Waals surface area (Å²) in [6, 6.07) is 11.1. The number of fused-ring (bicyclic) bond motifs is 3. The lowest BCUT2D eigenvalue weighted by Crippen LogP contribution is -2.43. The molecule has 3 aliphatic heterocycles. The number of aromatic nitrogens is 2. The number of hydrogen-bond donors (Lipinski definition) is 0. The fourth-order valence-electron chi connectivity index (χ4n) is 5.41. The van der Waals surface area contributed by atoms with Crippen LogP contribution in [0.4, 0.5) is 0 Å². The number of hydrogen-bond acceptors (Lipinski definition) is 6. The molecule has 5 heterocycles. The Bertz CT molecular complexity index is 1230. The Morgan fingerprint density at radius 2 is 1.91 bits per heavy atom. The summed E-state index contributed by atoms with van der Waals surface area (Å²) in [5, 5.41) is 0. The van der Waals surface area contributed by atoms with Crippen LogP contribution in [0.15, 0.2) is 47.5 Å². The van der Waals surface area contributed by atoms with Crippen molar-refractivity contribution in [3.63, 3.8) is 0 Å². The molecule has 1 aromatic carbocycles. The molecule has 0 radical (unpaired) electrons. The predicted molar refractivity (Wildman–Crippen MR) is 127 cm³/mol. The minimum Gasteiger partial charge on any atom is -0.490 e. The Hall–Kier alpha value is -2.48. The first kappa shape index (κ1) is 20.1. The van der Waals surface area contributed by atoms with Crippen molar-refractivity contribution < 1.29 is 9.47 Å². The average molecular weight is 450 g/mol. The molecule has 0 N–H and O–H groups in total. The van der Waals surface area contributed by atoms with Gasteiger partial charge < -0.3 is 14.4 Å². The summed E-state index contributed by atoms with van der Waals surface area (Å²) >= 11 is 1.49. The Morgan fingerprint density at radius 3 is 2.59 bits per heavy atom. The van der Waals surface area contributed by atoms with Gasteiger partial charge in [-0.3, -0.25) is 9.36 Å². The lowest BCUT2D eigenvalue weighted by atomic mass is 10.0. The molecular formula is C25H27N3O3S. The van der Waals surface area contributed by atoms with Gasteiger partial charge >= 0.3 is 0 Å². The van der Waals surface area contributed by atoms with Crippen molar-refractivity contribution in [1.82, 2.24) is 14.5 Å². The zero-order valence-corrected chi connectivity index (χ0v) is 19.2. The van der Waals surface area contributed by atoms with Crippen LogP contribution in [0.2, 0.25) is 0 Å². The van der Waals surface area contributed by atoms with Crippen molar-refractivity contribution in [2.45, 2.75) is 56.9 Å². The Balaban J connectivity index is 1.23. The van der Waals surface area contributed by atoms with Gasteiger partial charge in [0.1, 0.15) is 22.9 Å². The molecule has 2 fully saturated rings. The summed E-state index contributed by atoms with van der Waals surface area (Å²) < 4.78 is 14.2. The van der Waals surface area contributed by atoms with Gasteiger partial charge in [-0.25, -0.2) is 4.98 Å². The van der Waals surface area contributed by atoms with Gasteiger partial charge in [0.15, 0.2) is 0 Å². The van der Waals surface area contributed by atoms with Gasteiger partial charge in [0.2, 0.25) is 0 Å². The summed E-state index contributed by atoms with van der Waals surface area (Å²) in [5.41, 5.74) is 2.64. The summed E-state index contributed by atoms with van der Waals surface area (Å²) in [5.74, 6) is 0.866. The van der Waals surface area contributed by atoms with Crippen molar-refractivity contribution in [3.05, 3.63) is 58.0 Å². The third kappa shape index (κ3) is 3.39. The van der Waals surface area contributed by atoms with Crippen molar-refractivity contribution >= 4 is 27.1 Å². The Labute approximate surface area is 191 Å². The van der Waals surface area contributed by atoms with Crippen LogP contribution >= 0.6 is 11.3 Å². The first-order valence-corrected chi connectivity index (χ1v) is 12.2. The number of piperidine rings is 1. The van der Waals surface area contributed by atoms with E-state index in [1.807, 2.05) is 37.3 Å². The van der Waals surface area contributed by atoms with E-state index in [4.69, 9.17) is 9.47 Å². The monoisotopic (exact) mass is 449 g/mol. The van der Waals surface area contributed by atoms with Crippen molar-refractivity contribution in [2.24, 2.45) is 0 Å². The van der Waals surface area contributed by atoms with Gasteiger partial charge in [-0.1, -0.05) is 6.08 Å². The van der Waals surface area contributed by atoms with Gasteiger partial charge in [0, 0.05) is 17.0 Å². The van der Waals surface area contributed by atoms with E-state index in [-0.39, 0.29) is 17.8 Å². The number of benzene rings is 1. The van der Waals surface area contributed by atoms with Gasteiger partial charge in [0.25, 0.3) is 5.56 Å². The quantitative estimate of drug-likeness (QED) is 0.596. The molecule has 7 heteroatoms. The van der Waals surface area contributed by atoms with Crippen LogP contribution < -0.4 is 10.3 Å². The Morgan fingerprint density at radius 1 is 1.16 bits per heavy atom. The second kappa shape index (κ2) is 7.83. The summed E-state index contributed by atoms with van der Waals surface area (Å²) in [7, 11) is 2.24. The maximum atomic E-state index is 13.2. The summed E-state index contributed by atoms with van der Waals surface area (Å²) in [6.07, 6.45) is 8.79. The van der Waals surface area contributed by atoms with Crippen LogP contribution in [0.1, 0.15) is 37.5 Å². The van der Waals surface area contributed by atoms with Gasteiger partial charge in [0.05, 0.1) is 23.9 Å². The first-order valence-electron chi connectivity index (χ1n) is 11.4. The molecular weight excluding hydrogens is 422 g/mol. The van der Waals surface area contributed by atoms with E-state index in [1.54, 1.807) is 10.9 Å². The molecule has 2 unspecified atom stereocenters. The highest BCUT2D eigenvalue weighted by Gasteiger charge is 2.39. The second-order valence-corrected chi connectivity index (χ2v) is 10.2. The zero-order chi connectivity index (χ0) is 21.8. The highest BCUT2D eigenvalue weighted by Crippen LogP contribution is 2.36. The van der Waals surface area contributed by atoms with E-state index in [2.05, 4.69) is 23.0 Å². The second-order valence-electron chi connectivity index (χ2n) is 9.14. The smallest absolute Gasteiger partial charge is 0.275 e. The third-order valence-corrected chi connectivity index (χ3v) is 8.44. The predicted octanol–water partition coefficient (Wildman–Crippen LogP) is 4.25. The van der Waals surface area contributed by atoms with Crippen LogP contribution in [0.5, 0.6) is 5.75 Å². The average Bonchev–Trinajstić information content (AvgIpc) is 3.45. The molecule has 0 saturated carbocycles. The summed E-state index contributed by atoms with van der Waals surface area (Å²) in [6.45, 7) is 2.66. The lowest BCUT2D eigenvalue weighted by Gasteiger charge is -2.36. The molecule has 0 aliphatic carbocycles. The molecule has 6 nitrogen and oxygen atoms in total. The molecule has 0 spiro atoms. The van der Waals surface area contributed by atoms with Crippen molar-refractivity contribution in [2.75, 3.05) is 13.7 Å². The maximum absolute atomic E-state index is 13.2. The van der Waals surface area contributed by atoms with Crippen LogP contribution in [-0.4, -0.2) is 52.4 Å². The fourth-order valence-corrected chi connectivity index (χ4v) is 6.57. The van der Waals surface area contributed by atoms with Gasteiger partial charge in [-0.2, -0.15) is 0 Å². The van der Waals surface area contributed by atoms with E-state index in [9.17, 15) is 4.79 Å². The number of ether oxygens (including phenoxy) is 2. The topological polar surface area (TPSA) is 56.6 Å². The lowest BCUT2D eigenvalue weighted by molar-refractivity contribution is 0.0662. The normalized spacial score (nSPS) is 27.8. The number of thiophene rings is 1. The molecule has 2 bridgehead atoms. The van der Waals surface area contributed by atoms with Crippen LogP contribution in [0.25, 0.3) is 21.5 Å². The summed E-state index contributed by atoms with van der Waals surface area (Å²) in [4.78, 5) is 21.3. The zero-order valence-electron chi connectivity index (χ0n) is 18.4. The first-order chi connectivity index (χ1) is 15.6. The van der Waals surface area contributed by atoms with Gasteiger partial charge in [-0.15, -0.1) is 11.3 Å². The molecule has 0 amide bonds. The van der Waals surface area contributed by atoms with Gasteiger partial charge in [-0.05, 0) is 75.6 Å². The molecule has 166 valence electrons. The third-order valence-electron chi connectivity index (χ3n) is 7.28. The molecule has 2 saturated heterocycles. The van der Waals surface area contributed by atoms with E-state index >= 15 is 0 Å². The van der Waals surface area contributed by atoms with E-state index in [1.165, 1.54) is 24.2 Å². The maximum Gasteiger partial charge on any atom is 0.275 e. The van der Waals surface area contributed by atoms with Crippen LogP contribution in [0.3, 0.4) is 0 Å². The SMILES string of the molecule is CC1OCC=C1c1cc2ncn(-c3ccc(OC4C[C@H]5CC[C@@H](C4)N5C)cc3)c(=O)c2s1. The minimum atomic E-state index is -0.0426. The molecule has 2 aromatic heterocycles. The van der Waals surface area contributed by atoms with Crippen LogP contribution in [-0.2, 0) is 4.74 Å². The van der Waals surface area contributed by atoms with E-state index in [0.717, 1.165) is 40.2 Å². The molecule has 4 atom stereocenters. The molecule has 3 aromatic rings. The molecule has 6 rings (SSSR count). The number of nitrogens with zero attached hydrogens (tertiary/aromatic N) is 3. The minimum absolute atomic E-state index is 0.0426.